The molecule has 132 valence electrons. The average molecular weight is 338 g/mol. The van der Waals surface area contributed by atoms with Gasteiger partial charge in [-0.3, -0.25) is 9.59 Å². The van der Waals surface area contributed by atoms with E-state index < -0.39 is 11.7 Å². The fraction of sp³-hybridized carbons (Fsp3) is 0.529. The summed E-state index contributed by atoms with van der Waals surface area (Å²) >= 11 is 0. The molecule has 24 heavy (non-hydrogen) atoms. The van der Waals surface area contributed by atoms with Crippen molar-refractivity contribution in [3.8, 4) is 0 Å². The lowest BCUT2D eigenvalue weighted by Gasteiger charge is -2.17. The molecule has 1 saturated heterocycles. The second kappa shape index (κ2) is 8.75. The van der Waals surface area contributed by atoms with E-state index in [0.717, 1.165) is 5.56 Å². The molecule has 6 nitrogen and oxygen atoms in total. The molecule has 1 N–H and O–H groups in total. The van der Waals surface area contributed by atoms with Gasteiger partial charge in [-0.05, 0) is 24.6 Å². The van der Waals surface area contributed by atoms with E-state index in [4.69, 9.17) is 9.47 Å². The summed E-state index contributed by atoms with van der Waals surface area (Å²) in [6.45, 7) is 3.69. The van der Waals surface area contributed by atoms with E-state index in [1.165, 1.54) is 11.0 Å². The van der Waals surface area contributed by atoms with Crippen LogP contribution in [0.1, 0.15) is 12.0 Å². The first-order chi connectivity index (χ1) is 11.5. The summed E-state index contributed by atoms with van der Waals surface area (Å²) in [6, 6.07) is 4.70. The highest BCUT2D eigenvalue weighted by Gasteiger charge is 2.35. The van der Waals surface area contributed by atoms with Gasteiger partial charge in [-0.2, -0.15) is 0 Å². The fourth-order valence-corrected chi connectivity index (χ4v) is 2.58. The van der Waals surface area contributed by atoms with Gasteiger partial charge in [0.05, 0.1) is 31.4 Å². The van der Waals surface area contributed by atoms with Gasteiger partial charge in [0, 0.05) is 26.6 Å². The van der Waals surface area contributed by atoms with Crippen molar-refractivity contribution in [3.63, 3.8) is 0 Å². The van der Waals surface area contributed by atoms with E-state index in [0.29, 0.717) is 26.4 Å². The molecule has 1 aliphatic heterocycles. The van der Waals surface area contributed by atoms with Crippen LogP contribution in [0.3, 0.4) is 0 Å². The van der Waals surface area contributed by atoms with E-state index >= 15 is 0 Å². The summed E-state index contributed by atoms with van der Waals surface area (Å²) < 4.78 is 24.1. The van der Waals surface area contributed by atoms with Crippen molar-refractivity contribution in [3.05, 3.63) is 29.6 Å². The van der Waals surface area contributed by atoms with Crippen molar-refractivity contribution in [2.75, 3.05) is 44.9 Å². The zero-order valence-corrected chi connectivity index (χ0v) is 14.0. The number of hydrogen-bond acceptors (Lipinski definition) is 4. The molecular formula is C17H23FN2O4. The average Bonchev–Trinajstić information content (AvgIpc) is 2.92. The topological polar surface area (TPSA) is 67.9 Å². The Morgan fingerprint density at radius 1 is 1.38 bits per heavy atom. The Kier molecular flexibility index (Phi) is 6.69. The number of anilines is 1. The number of methoxy groups -OCH3 is 1. The predicted octanol–water partition coefficient (Wildman–Crippen LogP) is 1.27. The lowest BCUT2D eigenvalue weighted by atomic mass is 10.1. The highest BCUT2D eigenvalue weighted by molar-refractivity contribution is 6.00. The standard InChI is InChI=1S/C17H23FN2O4/c1-12-3-4-15(14(18)9-12)20-11-13(10-16(20)21)17(22)19-5-6-24-8-7-23-2/h3-4,9,13H,5-8,10-11H2,1-2H3,(H,19,22). The minimum atomic E-state index is -0.475. The van der Waals surface area contributed by atoms with Crippen molar-refractivity contribution < 1.29 is 23.5 Å². The number of carbonyl (C=O) groups excluding carboxylic acids is 2. The zero-order chi connectivity index (χ0) is 17.5. The molecule has 0 radical (unpaired) electrons. The lowest BCUT2D eigenvalue weighted by molar-refractivity contribution is -0.126. The molecular weight excluding hydrogens is 315 g/mol. The number of aryl methyl sites for hydroxylation is 1. The van der Waals surface area contributed by atoms with E-state index in [1.807, 2.05) is 0 Å². The van der Waals surface area contributed by atoms with Crippen LogP contribution >= 0.6 is 0 Å². The first kappa shape index (κ1) is 18.4. The number of benzene rings is 1. The number of hydrogen-bond donors (Lipinski definition) is 1. The van der Waals surface area contributed by atoms with Crippen LogP contribution in [0.4, 0.5) is 10.1 Å². The number of ether oxygens (including phenoxy) is 2. The van der Waals surface area contributed by atoms with Crippen LogP contribution in [-0.4, -0.2) is 51.8 Å². The molecule has 0 aromatic heterocycles. The molecule has 1 aliphatic rings. The molecule has 7 heteroatoms. The van der Waals surface area contributed by atoms with Crippen molar-refractivity contribution in [1.82, 2.24) is 5.32 Å². The quantitative estimate of drug-likeness (QED) is 0.725. The van der Waals surface area contributed by atoms with Crippen molar-refractivity contribution >= 4 is 17.5 Å². The Morgan fingerprint density at radius 2 is 2.17 bits per heavy atom. The van der Waals surface area contributed by atoms with Crippen LogP contribution < -0.4 is 10.2 Å². The molecule has 1 atom stereocenters. The van der Waals surface area contributed by atoms with E-state index in [9.17, 15) is 14.0 Å². The first-order valence-electron chi connectivity index (χ1n) is 7.94. The normalized spacial score (nSPS) is 17.4. The van der Waals surface area contributed by atoms with Crippen molar-refractivity contribution in [2.24, 2.45) is 5.92 Å². The molecule has 1 unspecified atom stereocenters. The number of nitrogens with zero attached hydrogens (tertiary/aromatic N) is 1. The van der Waals surface area contributed by atoms with Crippen LogP contribution in [0.15, 0.2) is 18.2 Å². The minimum absolute atomic E-state index is 0.0870. The molecule has 1 heterocycles. The minimum Gasteiger partial charge on any atom is -0.382 e. The Labute approximate surface area is 140 Å². The molecule has 0 bridgehead atoms. The summed E-state index contributed by atoms with van der Waals surface area (Å²) in [5.41, 5.74) is 1.01. The van der Waals surface area contributed by atoms with E-state index in [1.54, 1.807) is 26.2 Å². The van der Waals surface area contributed by atoms with Crippen LogP contribution in [0.25, 0.3) is 0 Å². The Morgan fingerprint density at radius 3 is 2.88 bits per heavy atom. The van der Waals surface area contributed by atoms with Crippen LogP contribution in [0.5, 0.6) is 0 Å². The van der Waals surface area contributed by atoms with Crippen molar-refractivity contribution in [2.45, 2.75) is 13.3 Å². The molecule has 1 aromatic rings. The molecule has 2 rings (SSSR count). The van der Waals surface area contributed by atoms with Crippen LogP contribution in [-0.2, 0) is 19.1 Å². The van der Waals surface area contributed by atoms with Gasteiger partial charge >= 0.3 is 0 Å². The number of rotatable bonds is 8. The Balaban J connectivity index is 1.84. The first-order valence-corrected chi connectivity index (χ1v) is 7.94. The zero-order valence-electron chi connectivity index (χ0n) is 14.0. The summed E-state index contributed by atoms with van der Waals surface area (Å²) in [5.74, 6) is -1.38. The molecule has 0 spiro atoms. The maximum atomic E-state index is 14.0. The second-order valence-electron chi connectivity index (χ2n) is 5.76. The smallest absolute Gasteiger partial charge is 0.227 e. The largest absolute Gasteiger partial charge is 0.382 e. The third-order valence-electron chi connectivity index (χ3n) is 3.87. The third-order valence-corrected chi connectivity index (χ3v) is 3.87. The second-order valence-corrected chi connectivity index (χ2v) is 5.76. The van der Waals surface area contributed by atoms with E-state index in [-0.39, 0.29) is 30.5 Å². The van der Waals surface area contributed by atoms with Crippen LogP contribution in [0.2, 0.25) is 0 Å². The Hall–Kier alpha value is -1.99. The van der Waals surface area contributed by atoms with Crippen LogP contribution in [0, 0.1) is 18.7 Å². The number of carbonyl (C=O) groups is 2. The lowest BCUT2D eigenvalue weighted by Crippen LogP contribution is -2.35. The summed E-state index contributed by atoms with van der Waals surface area (Å²) in [5, 5.41) is 2.74. The maximum Gasteiger partial charge on any atom is 0.227 e. The van der Waals surface area contributed by atoms with Crippen molar-refractivity contribution in [1.29, 1.82) is 0 Å². The highest BCUT2D eigenvalue weighted by Crippen LogP contribution is 2.28. The van der Waals surface area contributed by atoms with Gasteiger partial charge in [0.15, 0.2) is 0 Å². The SMILES string of the molecule is COCCOCCNC(=O)C1CC(=O)N(c2ccc(C)cc2F)C1. The summed E-state index contributed by atoms with van der Waals surface area (Å²) in [6.07, 6.45) is 0.0870. The molecule has 0 saturated carbocycles. The number of halogens is 1. The third kappa shape index (κ3) is 4.75. The molecule has 1 fully saturated rings. The van der Waals surface area contributed by atoms with Gasteiger partial charge < -0.3 is 19.7 Å². The fourth-order valence-electron chi connectivity index (χ4n) is 2.58. The number of amides is 2. The van der Waals surface area contributed by atoms with Gasteiger partial charge in [0.2, 0.25) is 11.8 Å². The maximum absolute atomic E-state index is 14.0. The molecule has 1 aromatic carbocycles. The number of nitrogens with one attached hydrogen (secondary N) is 1. The molecule has 2 amide bonds. The van der Waals surface area contributed by atoms with E-state index in [2.05, 4.69) is 5.32 Å². The van der Waals surface area contributed by atoms with Gasteiger partial charge in [0.25, 0.3) is 0 Å². The van der Waals surface area contributed by atoms with Gasteiger partial charge in [-0.15, -0.1) is 0 Å². The molecule has 0 aliphatic carbocycles. The van der Waals surface area contributed by atoms with Gasteiger partial charge in [-0.1, -0.05) is 6.07 Å². The summed E-state index contributed by atoms with van der Waals surface area (Å²) in [7, 11) is 1.59. The predicted molar refractivity (Wildman–Crippen MR) is 87.3 cm³/mol. The van der Waals surface area contributed by atoms with Gasteiger partial charge in [-0.25, -0.2) is 4.39 Å². The highest BCUT2D eigenvalue weighted by atomic mass is 19.1. The monoisotopic (exact) mass is 338 g/mol. The summed E-state index contributed by atoms with van der Waals surface area (Å²) in [4.78, 5) is 25.6. The van der Waals surface area contributed by atoms with Gasteiger partial charge in [0.1, 0.15) is 5.82 Å². The Bertz CT molecular complexity index is 594.